The van der Waals surface area contributed by atoms with Crippen LogP contribution < -0.4 is 12.4 Å². The predicted octanol–water partition coefficient (Wildman–Crippen LogP) is 2.62. The van der Waals surface area contributed by atoms with E-state index in [1.807, 2.05) is 6.08 Å². The summed E-state index contributed by atoms with van der Waals surface area (Å²) in [6, 6.07) is 8.89. The molecule has 0 bridgehead atoms. The molecule has 0 saturated carbocycles. The van der Waals surface area contributed by atoms with E-state index in [4.69, 9.17) is 0 Å². The molecule has 0 aromatic heterocycles. The van der Waals surface area contributed by atoms with Crippen molar-refractivity contribution in [3.8, 4) is 0 Å². The van der Waals surface area contributed by atoms with Gasteiger partial charge < -0.3 is 16.9 Å². The van der Waals surface area contributed by atoms with Crippen molar-refractivity contribution in [2.75, 3.05) is 19.6 Å². The summed E-state index contributed by atoms with van der Waals surface area (Å²) in [5, 5.41) is 0. The van der Waals surface area contributed by atoms with Gasteiger partial charge in [-0.25, -0.2) is 0 Å². The van der Waals surface area contributed by atoms with E-state index in [-0.39, 0.29) is 12.4 Å². The third-order valence-electron chi connectivity index (χ3n) is 3.96. The molecule has 1 nitrogen and oxygen atoms in total. The summed E-state index contributed by atoms with van der Waals surface area (Å²) in [7, 11) is 0. The highest BCUT2D eigenvalue weighted by atomic mass is 35.5. The molecule has 0 saturated heterocycles. The van der Waals surface area contributed by atoms with Crippen molar-refractivity contribution < 1.29 is 16.9 Å². The molecule has 0 heterocycles. The van der Waals surface area contributed by atoms with Gasteiger partial charge in [0.1, 0.15) is 6.54 Å². The van der Waals surface area contributed by atoms with E-state index in [1.165, 1.54) is 35.2 Å². The second-order valence-corrected chi connectivity index (χ2v) is 8.18. The Labute approximate surface area is 150 Å². The van der Waals surface area contributed by atoms with Crippen LogP contribution in [0.4, 0.5) is 0 Å². The Kier molecular flexibility index (Phi) is 9.80. The van der Waals surface area contributed by atoms with Gasteiger partial charge >= 0.3 is 0 Å². The second kappa shape index (κ2) is 10.2. The minimum absolute atomic E-state index is 0. The van der Waals surface area contributed by atoms with Gasteiger partial charge in [-0.15, -0.1) is 0 Å². The van der Waals surface area contributed by atoms with Crippen molar-refractivity contribution in [1.82, 2.24) is 0 Å². The molecule has 0 spiro atoms. The van der Waals surface area contributed by atoms with E-state index >= 15 is 0 Å². The fraction of sp³-hybridized carbons (Fsp3) is 0.619. The predicted molar refractivity (Wildman–Crippen MR) is 99.6 cm³/mol. The number of nitrogens with zero attached hydrogens (tertiary/aromatic N) is 1. The molecule has 1 aromatic rings. The number of hydrogen-bond donors (Lipinski definition) is 0. The highest BCUT2D eigenvalue weighted by Crippen LogP contribution is 2.23. The molecule has 0 atom stereocenters. The van der Waals surface area contributed by atoms with Crippen LogP contribution in [0.25, 0.3) is 6.08 Å². The normalized spacial score (nSPS) is 11.9. The smallest absolute Gasteiger partial charge is 0.104 e. The largest absolute Gasteiger partial charge is 1.00 e. The van der Waals surface area contributed by atoms with Crippen LogP contribution in [0, 0.1) is 17.8 Å². The standard InChI is InChI=1S/C21H36N.ClH/c1-8-20-10-9-11-21(12-20)16-22(13-17(2)3,14-18(4)5)15-19(6)7;/h8-12,17-19H,1,13-16H2,2-7H3;1H/q+1;/p-1. The lowest BCUT2D eigenvalue weighted by Gasteiger charge is -2.43. The lowest BCUT2D eigenvalue weighted by atomic mass is 10.0. The molecule has 0 amide bonds. The number of halogens is 1. The van der Waals surface area contributed by atoms with Crippen molar-refractivity contribution in [1.29, 1.82) is 0 Å². The summed E-state index contributed by atoms with van der Waals surface area (Å²) in [6.07, 6.45) is 1.95. The van der Waals surface area contributed by atoms with Crippen LogP contribution in [0.3, 0.4) is 0 Å². The van der Waals surface area contributed by atoms with Crippen molar-refractivity contribution in [2.24, 2.45) is 17.8 Å². The van der Waals surface area contributed by atoms with Crippen LogP contribution in [0.2, 0.25) is 0 Å². The second-order valence-electron chi connectivity index (χ2n) is 8.18. The zero-order valence-electron chi connectivity index (χ0n) is 16.0. The lowest BCUT2D eigenvalue weighted by molar-refractivity contribution is -0.948. The molecular formula is C21H36ClN. The first-order chi connectivity index (χ1) is 10.3. The minimum Gasteiger partial charge on any atom is -1.00 e. The van der Waals surface area contributed by atoms with Crippen LogP contribution in [0.1, 0.15) is 52.7 Å². The Morgan fingerprint density at radius 1 is 0.913 bits per heavy atom. The van der Waals surface area contributed by atoms with Crippen molar-refractivity contribution in [3.63, 3.8) is 0 Å². The van der Waals surface area contributed by atoms with Gasteiger partial charge in [-0.05, 0) is 11.6 Å². The van der Waals surface area contributed by atoms with Gasteiger partial charge in [-0.3, -0.25) is 0 Å². The third-order valence-corrected chi connectivity index (χ3v) is 3.96. The van der Waals surface area contributed by atoms with Crippen LogP contribution in [-0.4, -0.2) is 24.1 Å². The van der Waals surface area contributed by atoms with E-state index in [1.54, 1.807) is 0 Å². The molecule has 0 radical (unpaired) electrons. The van der Waals surface area contributed by atoms with Crippen molar-refractivity contribution in [2.45, 2.75) is 48.1 Å². The number of benzene rings is 1. The average molecular weight is 338 g/mol. The van der Waals surface area contributed by atoms with E-state index in [2.05, 4.69) is 72.4 Å². The van der Waals surface area contributed by atoms with Gasteiger partial charge in [0, 0.05) is 23.3 Å². The van der Waals surface area contributed by atoms with Gasteiger partial charge in [0.2, 0.25) is 0 Å². The molecule has 0 fully saturated rings. The molecule has 1 rings (SSSR count). The van der Waals surface area contributed by atoms with E-state index in [9.17, 15) is 0 Å². The molecule has 0 aliphatic carbocycles. The van der Waals surface area contributed by atoms with E-state index < -0.39 is 0 Å². The van der Waals surface area contributed by atoms with Gasteiger partial charge in [0.15, 0.2) is 0 Å². The summed E-state index contributed by atoms with van der Waals surface area (Å²) in [5.74, 6) is 2.17. The SMILES string of the molecule is C=Cc1cccc(C[N+](CC(C)C)(CC(C)C)CC(C)C)c1.[Cl-]. The van der Waals surface area contributed by atoms with E-state index in [0.29, 0.717) is 0 Å². The highest BCUT2D eigenvalue weighted by Gasteiger charge is 2.31. The summed E-state index contributed by atoms with van der Waals surface area (Å²) < 4.78 is 1.20. The highest BCUT2D eigenvalue weighted by molar-refractivity contribution is 5.47. The molecule has 0 unspecified atom stereocenters. The summed E-state index contributed by atoms with van der Waals surface area (Å²) >= 11 is 0. The number of hydrogen-bond acceptors (Lipinski definition) is 0. The quantitative estimate of drug-likeness (QED) is 0.608. The fourth-order valence-electron chi connectivity index (χ4n) is 3.95. The Hall–Kier alpha value is -0.790. The molecular weight excluding hydrogens is 302 g/mol. The van der Waals surface area contributed by atoms with Gasteiger partial charge in [-0.1, -0.05) is 72.4 Å². The van der Waals surface area contributed by atoms with Crippen molar-refractivity contribution >= 4 is 6.08 Å². The van der Waals surface area contributed by atoms with Gasteiger partial charge in [-0.2, -0.15) is 0 Å². The van der Waals surface area contributed by atoms with Crippen LogP contribution in [0.5, 0.6) is 0 Å². The Bertz CT molecular complexity index is 436. The summed E-state index contributed by atoms with van der Waals surface area (Å²) in [4.78, 5) is 0. The maximum absolute atomic E-state index is 3.91. The number of quaternary nitrogens is 1. The van der Waals surface area contributed by atoms with Gasteiger partial charge in [0.25, 0.3) is 0 Å². The molecule has 0 aliphatic rings. The summed E-state index contributed by atoms with van der Waals surface area (Å²) in [5.41, 5.74) is 2.67. The zero-order valence-corrected chi connectivity index (χ0v) is 16.7. The topological polar surface area (TPSA) is 0 Å². The summed E-state index contributed by atoms with van der Waals surface area (Å²) in [6.45, 7) is 22.9. The zero-order chi connectivity index (χ0) is 16.8. The lowest BCUT2D eigenvalue weighted by Crippen LogP contribution is -3.00. The first-order valence-electron chi connectivity index (χ1n) is 8.83. The molecule has 2 heteroatoms. The van der Waals surface area contributed by atoms with Crippen LogP contribution >= 0.6 is 0 Å². The first kappa shape index (κ1) is 22.2. The molecule has 0 aliphatic heterocycles. The molecule has 23 heavy (non-hydrogen) atoms. The minimum atomic E-state index is 0. The Morgan fingerprint density at radius 3 is 1.78 bits per heavy atom. The molecule has 0 N–H and O–H groups in total. The maximum atomic E-state index is 3.91. The first-order valence-corrected chi connectivity index (χ1v) is 8.83. The average Bonchev–Trinajstić information content (AvgIpc) is 2.35. The van der Waals surface area contributed by atoms with E-state index in [0.717, 1.165) is 24.3 Å². The maximum Gasteiger partial charge on any atom is 0.104 e. The molecule has 1 aromatic carbocycles. The monoisotopic (exact) mass is 337 g/mol. The van der Waals surface area contributed by atoms with Gasteiger partial charge in [0.05, 0.1) is 19.6 Å². The Morgan fingerprint density at radius 2 is 1.39 bits per heavy atom. The molecule has 132 valence electrons. The fourth-order valence-corrected chi connectivity index (χ4v) is 3.95. The third kappa shape index (κ3) is 8.04. The van der Waals surface area contributed by atoms with Crippen LogP contribution in [-0.2, 0) is 6.54 Å². The Balaban J connectivity index is 0.00000484. The van der Waals surface area contributed by atoms with Crippen molar-refractivity contribution in [3.05, 3.63) is 42.0 Å². The van der Waals surface area contributed by atoms with Crippen LogP contribution in [0.15, 0.2) is 30.8 Å². The number of rotatable bonds is 9.